The fourth-order valence-corrected chi connectivity index (χ4v) is 1.40. The minimum atomic E-state index is -0.359. The van der Waals surface area contributed by atoms with Gasteiger partial charge >= 0.3 is 0 Å². The Morgan fingerprint density at radius 3 is 2.71 bits per heavy atom. The number of hydrogen-bond donors (Lipinski definition) is 0. The van der Waals surface area contributed by atoms with Crippen LogP contribution in [-0.2, 0) is 0 Å². The Hall–Kier alpha value is -1.64. The molecule has 14 heavy (non-hydrogen) atoms. The highest BCUT2D eigenvalue weighted by Crippen LogP contribution is 2.25. The lowest BCUT2D eigenvalue weighted by atomic mass is 10.1. The second kappa shape index (κ2) is 2.94. The first-order chi connectivity index (χ1) is 6.59. The summed E-state index contributed by atoms with van der Waals surface area (Å²) in [5.41, 5.74) is 1.28. The third-order valence-electron chi connectivity index (χ3n) is 2.17. The maximum atomic E-state index is 13.3. The number of benzene rings is 1. The molecular weight excluding hydrogens is 183 g/mol. The second-order valence-corrected chi connectivity index (χ2v) is 3.27. The predicted molar refractivity (Wildman–Crippen MR) is 50.9 cm³/mol. The Labute approximate surface area is 80.3 Å². The number of carbonyl (C=O) groups excluding carboxylic acids is 1. The largest absolute Gasteiger partial charge is 0.453 e. The van der Waals surface area contributed by atoms with Gasteiger partial charge in [0, 0.05) is 6.92 Å². The van der Waals surface area contributed by atoms with E-state index in [0.717, 1.165) is 5.56 Å². The molecule has 0 fully saturated rings. The highest BCUT2D eigenvalue weighted by atomic mass is 19.1. The monoisotopic (exact) mass is 192 g/mol. The standard InChI is InChI=1S/C11H9FO2/c1-6-3-4-9(12)8-5-10(7(2)13)14-11(6)8/h3-5H,1-2H3. The van der Waals surface area contributed by atoms with Crippen LogP contribution in [0.2, 0.25) is 0 Å². The molecule has 1 heterocycles. The molecule has 0 bridgehead atoms. The first-order valence-corrected chi connectivity index (χ1v) is 4.29. The molecule has 0 aliphatic heterocycles. The van der Waals surface area contributed by atoms with Gasteiger partial charge in [0.2, 0.25) is 0 Å². The fourth-order valence-electron chi connectivity index (χ4n) is 1.40. The summed E-state index contributed by atoms with van der Waals surface area (Å²) in [6.07, 6.45) is 0. The molecule has 72 valence electrons. The van der Waals surface area contributed by atoms with E-state index in [-0.39, 0.29) is 17.4 Å². The number of furan rings is 1. The quantitative estimate of drug-likeness (QED) is 0.650. The summed E-state index contributed by atoms with van der Waals surface area (Å²) in [7, 11) is 0. The molecule has 0 aliphatic rings. The Morgan fingerprint density at radius 2 is 2.14 bits per heavy atom. The molecule has 0 aliphatic carbocycles. The number of rotatable bonds is 1. The minimum Gasteiger partial charge on any atom is -0.453 e. The molecule has 2 aromatic rings. The van der Waals surface area contributed by atoms with Crippen molar-refractivity contribution in [1.29, 1.82) is 0 Å². The van der Waals surface area contributed by atoms with Gasteiger partial charge in [0.05, 0.1) is 5.39 Å². The zero-order valence-corrected chi connectivity index (χ0v) is 7.93. The van der Waals surface area contributed by atoms with Gasteiger partial charge in [-0.2, -0.15) is 0 Å². The van der Waals surface area contributed by atoms with Gasteiger partial charge in [0.15, 0.2) is 11.5 Å². The summed E-state index contributed by atoms with van der Waals surface area (Å²) in [6.45, 7) is 3.21. The topological polar surface area (TPSA) is 30.2 Å². The van der Waals surface area contributed by atoms with Crippen molar-refractivity contribution in [3.63, 3.8) is 0 Å². The van der Waals surface area contributed by atoms with Crippen LogP contribution in [-0.4, -0.2) is 5.78 Å². The van der Waals surface area contributed by atoms with Gasteiger partial charge in [-0.3, -0.25) is 4.79 Å². The Kier molecular flexibility index (Phi) is 1.88. The van der Waals surface area contributed by atoms with Gasteiger partial charge < -0.3 is 4.42 Å². The van der Waals surface area contributed by atoms with E-state index in [0.29, 0.717) is 11.0 Å². The van der Waals surface area contributed by atoms with Crippen LogP contribution < -0.4 is 0 Å². The van der Waals surface area contributed by atoms with Crippen LogP contribution in [0.3, 0.4) is 0 Å². The number of carbonyl (C=O) groups is 1. The lowest BCUT2D eigenvalue weighted by Gasteiger charge is -1.94. The molecule has 0 radical (unpaired) electrons. The van der Waals surface area contributed by atoms with E-state index < -0.39 is 0 Å². The maximum absolute atomic E-state index is 13.3. The van der Waals surface area contributed by atoms with Crippen molar-refractivity contribution in [3.8, 4) is 0 Å². The Morgan fingerprint density at radius 1 is 1.43 bits per heavy atom. The van der Waals surface area contributed by atoms with Crippen LogP contribution in [0.5, 0.6) is 0 Å². The zero-order valence-electron chi connectivity index (χ0n) is 7.93. The fraction of sp³-hybridized carbons (Fsp3) is 0.182. The van der Waals surface area contributed by atoms with Gasteiger partial charge in [-0.05, 0) is 24.6 Å². The summed E-state index contributed by atoms with van der Waals surface area (Å²) in [5.74, 6) is -0.352. The number of ketones is 1. The maximum Gasteiger partial charge on any atom is 0.194 e. The van der Waals surface area contributed by atoms with E-state index in [1.165, 1.54) is 19.1 Å². The number of aryl methyl sites for hydroxylation is 1. The molecular formula is C11H9FO2. The van der Waals surface area contributed by atoms with E-state index in [1.807, 2.05) is 6.92 Å². The molecule has 1 aromatic heterocycles. The summed E-state index contributed by atoms with van der Waals surface area (Å²) in [5, 5.41) is 0.371. The smallest absolute Gasteiger partial charge is 0.194 e. The first kappa shape index (κ1) is 8.94. The summed E-state index contributed by atoms with van der Waals surface area (Å²) in [6, 6.07) is 4.45. The molecule has 0 saturated heterocycles. The molecule has 0 spiro atoms. The van der Waals surface area contributed by atoms with E-state index in [2.05, 4.69) is 0 Å². The van der Waals surface area contributed by atoms with Crippen LogP contribution in [0.1, 0.15) is 23.0 Å². The van der Waals surface area contributed by atoms with Crippen molar-refractivity contribution >= 4 is 16.8 Å². The van der Waals surface area contributed by atoms with Crippen LogP contribution in [0, 0.1) is 12.7 Å². The summed E-state index contributed by atoms with van der Waals surface area (Å²) >= 11 is 0. The lowest BCUT2D eigenvalue weighted by molar-refractivity contribution is 0.0989. The Bertz CT molecular complexity index is 472. The average Bonchev–Trinajstić information content (AvgIpc) is 2.57. The van der Waals surface area contributed by atoms with Crippen molar-refractivity contribution in [2.75, 3.05) is 0 Å². The van der Waals surface area contributed by atoms with E-state index in [9.17, 15) is 9.18 Å². The molecule has 0 N–H and O–H groups in total. The number of Topliss-reactive ketones (excluding diaryl/α,β-unsaturated/α-hetero) is 1. The van der Waals surface area contributed by atoms with Crippen LogP contribution >= 0.6 is 0 Å². The molecule has 2 rings (SSSR count). The van der Waals surface area contributed by atoms with E-state index >= 15 is 0 Å². The number of fused-ring (bicyclic) bond motifs is 1. The second-order valence-electron chi connectivity index (χ2n) is 3.27. The van der Waals surface area contributed by atoms with Crippen molar-refractivity contribution < 1.29 is 13.6 Å². The van der Waals surface area contributed by atoms with Crippen LogP contribution in [0.4, 0.5) is 4.39 Å². The van der Waals surface area contributed by atoms with Gasteiger partial charge in [0.1, 0.15) is 11.4 Å². The SMILES string of the molecule is CC(=O)c1cc2c(F)ccc(C)c2o1. The molecule has 0 saturated carbocycles. The number of hydrogen-bond acceptors (Lipinski definition) is 2. The summed E-state index contributed by atoms with van der Waals surface area (Å²) in [4.78, 5) is 11.0. The van der Waals surface area contributed by atoms with Crippen LogP contribution in [0.25, 0.3) is 11.0 Å². The van der Waals surface area contributed by atoms with Gasteiger partial charge in [-0.15, -0.1) is 0 Å². The molecule has 2 nitrogen and oxygen atoms in total. The third-order valence-corrected chi connectivity index (χ3v) is 2.17. The zero-order chi connectivity index (χ0) is 10.3. The Balaban J connectivity index is 2.82. The van der Waals surface area contributed by atoms with E-state index in [1.54, 1.807) is 6.07 Å². The average molecular weight is 192 g/mol. The van der Waals surface area contributed by atoms with E-state index in [4.69, 9.17) is 4.42 Å². The van der Waals surface area contributed by atoms with Crippen molar-refractivity contribution in [3.05, 3.63) is 35.3 Å². The minimum absolute atomic E-state index is 0.194. The molecule has 1 aromatic carbocycles. The highest BCUT2D eigenvalue weighted by molar-refractivity contribution is 5.96. The van der Waals surface area contributed by atoms with Crippen LogP contribution in [0.15, 0.2) is 22.6 Å². The predicted octanol–water partition coefficient (Wildman–Crippen LogP) is 3.08. The number of halogens is 1. The van der Waals surface area contributed by atoms with Crippen molar-refractivity contribution in [1.82, 2.24) is 0 Å². The molecule has 3 heteroatoms. The van der Waals surface area contributed by atoms with Gasteiger partial charge in [-0.1, -0.05) is 6.07 Å². The molecule has 0 amide bonds. The molecule has 0 atom stereocenters. The lowest BCUT2D eigenvalue weighted by Crippen LogP contribution is -1.85. The van der Waals surface area contributed by atoms with Gasteiger partial charge in [0.25, 0.3) is 0 Å². The van der Waals surface area contributed by atoms with Crippen molar-refractivity contribution in [2.24, 2.45) is 0 Å². The molecule has 0 unspecified atom stereocenters. The first-order valence-electron chi connectivity index (χ1n) is 4.29. The normalized spacial score (nSPS) is 10.8. The van der Waals surface area contributed by atoms with Gasteiger partial charge in [-0.25, -0.2) is 4.39 Å². The highest BCUT2D eigenvalue weighted by Gasteiger charge is 2.12. The third kappa shape index (κ3) is 1.21. The summed E-state index contributed by atoms with van der Waals surface area (Å²) < 4.78 is 18.5. The van der Waals surface area contributed by atoms with Crippen molar-refractivity contribution in [2.45, 2.75) is 13.8 Å².